The van der Waals surface area contributed by atoms with E-state index in [1.54, 1.807) is 17.5 Å². The highest BCUT2D eigenvalue weighted by Gasteiger charge is 2.07. The van der Waals surface area contributed by atoms with Gasteiger partial charge in [0.05, 0.1) is 5.39 Å². The molecule has 0 aliphatic rings. The lowest BCUT2D eigenvalue weighted by atomic mass is 10.1. The first kappa shape index (κ1) is 9.36. The van der Waals surface area contributed by atoms with E-state index >= 15 is 0 Å². The van der Waals surface area contributed by atoms with Crippen molar-refractivity contribution in [1.29, 1.82) is 0 Å². The molecule has 0 atom stereocenters. The Morgan fingerprint density at radius 1 is 1.06 bits per heavy atom. The number of aromatic amines is 1. The van der Waals surface area contributed by atoms with Gasteiger partial charge in [0.25, 0.3) is 5.56 Å². The average Bonchev–Trinajstić information content (AvgIpc) is 2.81. The molecule has 0 unspecified atom stereocenters. The summed E-state index contributed by atoms with van der Waals surface area (Å²) in [7, 11) is 0. The summed E-state index contributed by atoms with van der Waals surface area (Å²) in [5.41, 5.74) is 2.20. The first-order valence-electron chi connectivity index (χ1n) is 5.00. The second kappa shape index (κ2) is 3.61. The molecule has 2 aromatic heterocycles. The van der Waals surface area contributed by atoms with Crippen LogP contribution in [0.3, 0.4) is 0 Å². The van der Waals surface area contributed by atoms with Crippen molar-refractivity contribution < 1.29 is 0 Å². The van der Waals surface area contributed by atoms with Gasteiger partial charge in [-0.05, 0) is 17.0 Å². The first-order chi connectivity index (χ1) is 7.86. The number of thiophene rings is 1. The molecule has 3 aromatic rings. The van der Waals surface area contributed by atoms with E-state index in [0.29, 0.717) is 0 Å². The molecule has 3 rings (SSSR count). The maximum Gasteiger partial charge on any atom is 0.256 e. The van der Waals surface area contributed by atoms with Gasteiger partial charge in [0.1, 0.15) is 0 Å². The molecule has 0 aliphatic heterocycles. The van der Waals surface area contributed by atoms with Crippen LogP contribution < -0.4 is 5.56 Å². The minimum absolute atomic E-state index is 0.0177. The molecule has 2 heterocycles. The van der Waals surface area contributed by atoms with Crippen LogP contribution in [0, 0.1) is 0 Å². The Labute approximate surface area is 96.2 Å². The van der Waals surface area contributed by atoms with Crippen LogP contribution in [0.15, 0.2) is 52.8 Å². The van der Waals surface area contributed by atoms with Crippen molar-refractivity contribution in [2.24, 2.45) is 0 Å². The molecule has 1 aromatic carbocycles. The van der Waals surface area contributed by atoms with Gasteiger partial charge >= 0.3 is 0 Å². The second-order valence-corrected chi connectivity index (χ2v) is 4.48. The van der Waals surface area contributed by atoms with Crippen molar-refractivity contribution in [2.75, 3.05) is 0 Å². The van der Waals surface area contributed by atoms with E-state index in [2.05, 4.69) is 4.98 Å². The lowest BCUT2D eigenvalue weighted by molar-refractivity contribution is 1.28. The summed E-state index contributed by atoms with van der Waals surface area (Å²) in [6.45, 7) is 0. The number of nitrogens with one attached hydrogen (secondary N) is 1. The molecule has 0 aliphatic carbocycles. The predicted molar refractivity (Wildman–Crippen MR) is 67.9 cm³/mol. The number of rotatable bonds is 1. The van der Waals surface area contributed by atoms with Gasteiger partial charge in [-0.2, -0.15) is 0 Å². The molecular formula is C13H9NOS. The third-order valence-electron chi connectivity index (χ3n) is 2.59. The Balaban J connectivity index is 2.37. The quantitative estimate of drug-likeness (QED) is 0.680. The Morgan fingerprint density at radius 3 is 2.69 bits per heavy atom. The summed E-state index contributed by atoms with van der Waals surface area (Å²) in [4.78, 5) is 14.4. The molecule has 78 valence electrons. The van der Waals surface area contributed by atoms with E-state index in [4.69, 9.17) is 0 Å². The molecule has 2 nitrogen and oxygen atoms in total. The minimum Gasteiger partial charge on any atom is -0.328 e. The molecule has 1 N–H and O–H groups in total. The number of aromatic nitrogens is 1. The molecule has 0 saturated heterocycles. The summed E-state index contributed by atoms with van der Waals surface area (Å²) in [6, 6.07) is 11.9. The Hall–Kier alpha value is -1.87. The topological polar surface area (TPSA) is 32.9 Å². The largest absolute Gasteiger partial charge is 0.328 e. The van der Waals surface area contributed by atoms with Crippen molar-refractivity contribution in [3.05, 3.63) is 58.3 Å². The van der Waals surface area contributed by atoms with Crippen LogP contribution in [0.4, 0.5) is 0 Å². The number of fused-ring (bicyclic) bond motifs is 1. The Morgan fingerprint density at radius 2 is 1.88 bits per heavy atom. The van der Waals surface area contributed by atoms with Crippen LogP contribution in [-0.2, 0) is 0 Å². The van der Waals surface area contributed by atoms with Crippen LogP contribution in [0.1, 0.15) is 0 Å². The van der Waals surface area contributed by atoms with Gasteiger partial charge < -0.3 is 4.98 Å². The van der Waals surface area contributed by atoms with Crippen LogP contribution >= 0.6 is 11.3 Å². The van der Waals surface area contributed by atoms with Gasteiger partial charge in [0, 0.05) is 16.5 Å². The number of hydrogen-bond acceptors (Lipinski definition) is 2. The first-order valence-corrected chi connectivity index (χ1v) is 5.88. The number of pyridine rings is 1. The highest BCUT2D eigenvalue weighted by atomic mass is 32.1. The van der Waals surface area contributed by atoms with Crippen LogP contribution in [-0.4, -0.2) is 4.98 Å². The fraction of sp³-hybridized carbons (Fsp3) is 0. The summed E-state index contributed by atoms with van der Waals surface area (Å²) < 4.78 is 1.05. The zero-order valence-electron chi connectivity index (χ0n) is 8.44. The third kappa shape index (κ3) is 1.37. The highest BCUT2D eigenvalue weighted by Crippen LogP contribution is 2.29. The molecule has 0 fully saturated rings. The smallest absolute Gasteiger partial charge is 0.256 e. The summed E-state index contributed by atoms with van der Waals surface area (Å²) in [5.74, 6) is 0. The van der Waals surface area contributed by atoms with Gasteiger partial charge in [-0.15, -0.1) is 11.3 Å². The minimum atomic E-state index is -0.0177. The van der Waals surface area contributed by atoms with Crippen molar-refractivity contribution in [3.8, 4) is 11.1 Å². The lowest BCUT2D eigenvalue weighted by Crippen LogP contribution is -2.03. The summed E-state index contributed by atoms with van der Waals surface area (Å²) in [5, 5.41) is 2.72. The zero-order chi connectivity index (χ0) is 11.0. The molecule has 0 saturated carbocycles. The number of benzene rings is 1. The molecular weight excluding hydrogens is 218 g/mol. The maximum absolute atomic E-state index is 11.6. The lowest BCUT2D eigenvalue weighted by Gasteiger charge is -2.02. The Bertz CT molecular complexity index is 682. The maximum atomic E-state index is 11.6. The second-order valence-electron chi connectivity index (χ2n) is 3.56. The summed E-state index contributed by atoms with van der Waals surface area (Å²) in [6.07, 6.45) is 1.79. The van der Waals surface area contributed by atoms with Gasteiger partial charge in [-0.3, -0.25) is 4.79 Å². The van der Waals surface area contributed by atoms with E-state index < -0.39 is 0 Å². The SMILES string of the molecule is O=c1[nH]cc(-c2ccccc2)c2sccc12. The normalized spacial score (nSPS) is 10.8. The monoisotopic (exact) mass is 227 g/mol. The number of H-pyrrole nitrogens is 1. The number of hydrogen-bond donors (Lipinski definition) is 1. The highest BCUT2D eigenvalue weighted by molar-refractivity contribution is 7.17. The van der Waals surface area contributed by atoms with Crippen LogP contribution in [0.25, 0.3) is 21.2 Å². The van der Waals surface area contributed by atoms with E-state index in [1.807, 2.05) is 41.8 Å². The molecule has 16 heavy (non-hydrogen) atoms. The summed E-state index contributed by atoms with van der Waals surface area (Å²) >= 11 is 1.60. The van der Waals surface area contributed by atoms with Crippen LogP contribution in [0.5, 0.6) is 0 Å². The van der Waals surface area contributed by atoms with E-state index in [1.165, 1.54) is 0 Å². The van der Waals surface area contributed by atoms with E-state index in [-0.39, 0.29) is 5.56 Å². The fourth-order valence-electron chi connectivity index (χ4n) is 1.81. The van der Waals surface area contributed by atoms with Crippen LogP contribution in [0.2, 0.25) is 0 Å². The van der Waals surface area contributed by atoms with E-state index in [0.717, 1.165) is 21.2 Å². The van der Waals surface area contributed by atoms with Gasteiger partial charge in [-0.25, -0.2) is 0 Å². The van der Waals surface area contributed by atoms with E-state index in [9.17, 15) is 4.79 Å². The predicted octanol–water partition coefficient (Wildman–Crippen LogP) is 3.26. The van der Waals surface area contributed by atoms with Gasteiger partial charge in [0.2, 0.25) is 0 Å². The third-order valence-corrected chi connectivity index (χ3v) is 3.53. The molecule has 0 spiro atoms. The van der Waals surface area contributed by atoms with Gasteiger partial charge in [0.15, 0.2) is 0 Å². The zero-order valence-corrected chi connectivity index (χ0v) is 9.25. The Kier molecular flexibility index (Phi) is 2.11. The van der Waals surface area contributed by atoms with Crippen molar-refractivity contribution in [3.63, 3.8) is 0 Å². The molecule has 0 bridgehead atoms. The van der Waals surface area contributed by atoms with Crippen molar-refractivity contribution >= 4 is 21.4 Å². The average molecular weight is 227 g/mol. The molecule has 0 amide bonds. The van der Waals surface area contributed by atoms with Crippen molar-refractivity contribution in [2.45, 2.75) is 0 Å². The standard InChI is InChI=1S/C13H9NOS/c15-13-10-6-7-16-12(10)11(8-14-13)9-4-2-1-3-5-9/h1-8H,(H,14,15). The molecule has 0 radical (unpaired) electrons. The fourth-order valence-corrected chi connectivity index (χ4v) is 2.74. The van der Waals surface area contributed by atoms with Crippen molar-refractivity contribution in [1.82, 2.24) is 4.98 Å². The van der Waals surface area contributed by atoms with Gasteiger partial charge in [-0.1, -0.05) is 30.3 Å². The molecule has 3 heteroatoms.